The lowest BCUT2D eigenvalue weighted by molar-refractivity contribution is 0.193. The Bertz CT molecular complexity index is 1610. The lowest BCUT2D eigenvalue weighted by Crippen LogP contribution is -2.51. The number of halogens is 3. The third-order valence-corrected chi connectivity index (χ3v) is 8.85. The number of aromatic nitrogens is 2. The average Bonchev–Trinajstić information content (AvgIpc) is 3.44. The molecule has 4 aromatic rings. The zero-order valence-corrected chi connectivity index (χ0v) is 22.8. The number of aromatic hydroxyl groups is 1. The minimum Gasteiger partial charge on any atom is -0.508 e. The number of fused-ring (bicyclic) bond motifs is 4. The van der Waals surface area contributed by atoms with E-state index in [9.17, 15) is 9.50 Å². The van der Waals surface area contributed by atoms with Gasteiger partial charge in [0.25, 0.3) is 0 Å². The lowest BCUT2D eigenvalue weighted by Gasteiger charge is -2.35. The van der Waals surface area contributed by atoms with Crippen molar-refractivity contribution >= 4 is 39.0 Å². The molecule has 2 aromatic carbocycles. The van der Waals surface area contributed by atoms with E-state index in [1.807, 2.05) is 24.1 Å². The van der Waals surface area contributed by atoms with Crippen molar-refractivity contribution in [3.8, 4) is 22.9 Å². The van der Waals surface area contributed by atoms with Gasteiger partial charge >= 0.3 is 0 Å². The summed E-state index contributed by atoms with van der Waals surface area (Å²) in [6.45, 7) is 2.21. The van der Waals surface area contributed by atoms with E-state index >= 15 is 4.39 Å². The molecule has 2 aromatic heterocycles. The second kappa shape index (κ2) is 9.98. The van der Waals surface area contributed by atoms with E-state index in [2.05, 4.69) is 20.2 Å². The zero-order chi connectivity index (χ0) is 27.5. The van der Waals surface area contributed by atoms with Gasteiger partial charge in [0.2, 0.25) is 5.88 Å². The number of ether oxygens (including phenoxy) is 1. The summed E-state index contributed by atoms with van der Waals surface area (Å²) in [7, 11) is 1.88. The Balaban J connectivity index is 1.36. The number of hydrogen-bond acceptors (Lipinski definition) is 7. The molecule has 2 N–H and O–H groups in total. The molecule has 10 heteroatoms. The van der Waals surface area contributed by atoms with E-state index < -0.39 is 12.0 Å². The molecule has 0 amide bonds. The normalized spacial score (nSPS) is 24.9. The van der Waals surface area contributed by atoms with E-state index in [1.54, 1.807) is 24.4 Å². The van der Waals surface area contributed by atoms with Crippen molar-refractivity contribution in [1.29, 1.82) is 0 Å². The lowest BCUT2D eigenvalue weighted by atomic mass is 10.00. The number of rotatable bonds is 5. The maximum Gasteiger partial charge on any atom is 0.216 e. The van der Waals surface area contributed by atoms with Gasteiger partial charge in [-0.2, -0.15) is 0 Å². The molecular formula is C30H30ClF2N5O2. The van der Waals surface area contributed by atoms with Crippen LogP contribution >= 0.6 is 11.6 Å². The Morgan fingerprint density at radius 3 is 2.70 bits per heavy atom. The van der Waals surface area contributed by atoms with E-state index in [0.29, 0.717) is 57.7 Å². The zero-order valence-electron chi connectivity index (χ0n) is 22.1. The Kier molecular flexibility index (Phi) is 6.40. The molecule has 5 heterocycles. The van der Waals surface area contributed by atoms with Crippen LogP contribution < -0.4 is 15.0 Å². The minimum absolute atomic E-state index is 0.0139. The molecule has 7 nitrogen and oxygen atoms in total. The van der Waals surface area contributed by atoms with Gasteiger partial charge in [0.15, 0.2) is 5.82 Å². The predicted molar refractivity (Wildman–Crippen MR) is 153 cm³/mol. The molecule has 3 fully saturated rings. The van der Waals surface area contributed by atoms with E-state index in [0.717, 1.165) is 31.6 Å². The number of nitrogens with one attached hydrogen (secondary N) is 1. The summed E-state index contributed by atoms with van der Waals surface area (Å²) in [6, 6.07) is 10.9. The second-order valence-electron chi connectivity index (χ2n) is 11.3. The molecule has 0 radical (unpaired) electrons. The minimum atomic E-state index is -0.884. The quantitative estimate of drug-likeness (QED) is 0.340. The summed E-state index contributed by atoms with van der Waals surface area (Å²) < 4.78 is 36.6. The molecule has 0 spiro atoms. The summed E-state index contributed by atoms with van der Waals surface area (Å²) >= 11 is 6.53. The van der Waals surface area contributed by atoms with Crippen LogP contribution in [-0.2, 0) is 0 Å². The van der Waals surface area contributed by atoms with E-state index in [1.165, 1.54) is 6.07 Å². The number of likely N-dealkylation sites (N-methyl/N-ethyl adjacent to an activating group) is 1. The van der Waals surface area contributed by atoms with Crippen LogP contribution in [0.15, 0.2) is 42.6 Å². The van der Waals surface area contributed by atoms with Gasteiger partial charge in [-0.25, -0.2) is 13.8 Å². The van der Waals surface area contributed by atoms with Crippen molar-refractivity contribution in [2.75, 3.05) is 38.2 Å². The van der Waals surface area contributed by atoms with Crippen molar-refractivity contribution < 1.29 is 18.6 Å². The average molecular weight is 566 g/mol. The molecular weight excluding hydrogens is 536 g/mol. The Morgan fingerprint density at radius 2 is 1.95 bits per heavy atom. The SMILES string of the molecule is CN1C[C@@H](F)C[C@H]1COc1cc(N2CC3CCC(C2)N3)c2cnc(-c3cc(O)cc4cccc(Cl)c34)c(F)c2n1. The molecule has 3 saturated heterocycles. The first-order valence-corrected chi connectivity index (χ1v) is 14.1. The molecule has 3 aliphatic heterocycles. The number of phenolic OH excluding ortho intramolecular Hbond substituents is 1. The molecule has 0 saturated carbocycles. The highest BCUT2D eigenvalue weighted by Crippen LogP contribution is 2.40. The number of likely N-dealkylation sites (tertiary alicyclic amines) is 1. The predicted octanol–water partition coefficient (Wildman–Crippen LogP) is 5.31. The van der Waals surface area contributed by atoms with Crippen molar-refractivity contribution in [1.82, 2.24) is 20.2 Å². The highest BCUT2D eigenvalue weighted by molar-refractivity contribution is 6.36. The fraction of sp³-hybridized carbons (Fsp3) is 0.400. The first-order valence-electron chi connectivity index (χ1n) is 13.7. The van der Waals surface area contributed by atoms with Crippen molar-refractivity contribution in [2.45, 2.75) is 43.6 Å². The summed E-state index contributed by atoms with van der Waals surface area (Å²) in [5.74, 6) is -0.338. The Morgan fingerprint density at radius 1 is 1.15 bits per heavy atom. The summed E-state index contributed by atoms with van der Waals surface area (Å²) in [5.41, 5.74) is 1.39. The fourth-order valence-corrected chi connectivity index (χ4v) is 6.85. The number of hydrogen-bond donors (Lipinski definition) is 2. The van der Waals surface area contributed by atoms with Gasteiger partial charge in [0.05, 0.1) is 5.69 Å². The molecule has 2 unspecified atom stereocenters. The highest BCUT2D eigenvalue weighted by Gasteiger charge is 2.34. The fourth-order valence-electron chi connectivity index (χ4n) is 6.57. The Labute approximate surface area is 235 Å². The molecule has 208 valence electrons. The van der Waals surface area contributed by atoms with Crippen molar-refractivity contribution in [3.63, 3.8) is 0 Å². The van der Waals surface area contributed by atoms with Gasteiger partial charge in [0.1, 0.15) is 29.7 Å². The molecule has 0 aliphatic carbocycles. The third-order valence-electron chi connectivity index (χ3n) is 8.54. The van der Waals surface area contributed by atoms with Crippen LogP contribution in [0.25, 0.3) is 32.9 Å². The van der Waals surface area contributed by atoms with Crippen LogP contribution in [0.2, 0.25) is 5.02 Å². The van der Waals surface area contributed by atoms with Crippen molar-refractivity contribution in [2.24, 2.45) is 0 Å². The van der Waals surface area contributed by atoms with Crippen LogP contribution in [-0.4, -0.2) is 77.6 Å². The monoisotopic (exact) mass is 565 g/mol. The topological polar surface area (TPSA) is 73.8 Å². The van der Waals surface area contributed by atoms with Gasteiger partial charge in [-0.3, -0.25) is 9.88 Å². The van der Waals surface area contributed by atoms with Gasteiger partial charge in [-0.1, -0.05) is 23.7 Å². The van der Waals surface area contributed by atoms with Crippen molar-refractivity contribution in [3.05, 3.63) is 53.4 Å². The molecule has 3 aliphatic rings. The molecule has 40 heavy (non-hydrogen) atoms. The smallest absolute Gasteiger partial charge is 0.216 e. The molecule has 2 bridgehead atoms. The number of anilines is 1. The number of piperazine rings is 1. The first-order chi connectivity index (χ1) is 19.3. The number of nitrogens with zero attached hydrogens (tertiary/aromatic N) is 4. The van der Waals surface area contributed by atoms with Crippen LogP contribution in [0.4, 0.5) is 14.5 Å². The van der Waals surface area contributed by atoms with Gasteiger partial charge in [0, 0.05) is 71.4 Å². The summed E-state index contributed by atoms with van der Waals surface area (Å²) in [5, 5.41) is 16.4. The third kappa shape index (κ3) is 4.50. The van der Waals surface area contributed by atoms with Gasteiger partial charge in [-0.05, 0) is 49.9 Å². The van der Waals surface area contributed by atoms with Crippen LogP contribution in [0, 0.1) is 5.82 Å². The van der Waals surface area contributed by atoms with Crippen LogP contribution in [0.1, 0.15) is 19.3 Å². The van der Waals surface area contributed by atoms with Gasteiger partial charge in [-0.15, -0.1) is 0 Å². The number of benzene rings is 2. The van der Waals surface area contributed by atoms with Crippen LogP contribution in [0.5, 0.6) is 11.6 Å². The summed E-state index contributed by atoms with van der Waals surface area (Å²) in [6.07, 6.45) is 3.37. The van der Waals surface area contributed by atoms with Crippen LogP contribution in [0.3, 0.4) is 0 Å². The summed E-state index contributed by atoms with van der Waals surface area (Å²) in [4.78, 5) is 13.4. The number of pyridine rings is 2. The standard InChI is InChI=1S/C30H30ClF2N5O2/c1-37-12-17(32)8-20(37)15-40-26-10-25(38-13-18-5-6-19(14-38)35-18)23-11-34-29(28(33)30(23)36-26)22-9-21(39)7-16-3-2-4-24(31)27(16)22/h2-4,7,9-11,17-20,35,39H,5-6,8,12-15H2,1H3/t17-,18?,19?,20-/m0/s1. The van der Waals surface area contributed by atoms with E-state index in [4.69, 9.17) is 16.3 Å². The van der Waals surface area contributed by atoms with Gasteiger partial charge < -0.3 is 20.1 Å². The number of phenols is 1. The number of alkyl halides is 1. The highest BCUT2D eigenvalue weighted by atomic mass is 35.5. The van der Waals surface area contributed by atoms with E-state index in [-0.39, 0.29) is 29.6 Å². The maximum absolute atomic E-state index is 16.5. The second-order valence-corrected chi connectivity index (χ2v) is 11.7. The largest absolute Gasteiger partial charge is 0.508 e. The first kappa shape index (κ1) is 25.7. The molecule has 4 atom stereocenters. The maximum atomic E-state index is 16.5. The Hall–Kier alpha value is -3.27. The molecule has 7 rings (SSSR count).